The molecule has 0 saturated heterocycles. The summed E-state index contributed by atoms with van der Waals surface area (Å²) in [5.41, 5.74) is -0.0906. The van der Waals surface area contributed by atoms with Crippen LogP contribution in [0, 0.1) is 11.6 Å². The first-order chi connectivity index (χ1) is 7.65. The van der Waals surface area contributed by atoms with Gasteiger partial charge in [-0.3, -0.25) is 9.89 Å². The highest BCUT2D eigenvalue weighted by molar-refractivity contribution is 6.03. The minimum absolute atomic E-state index is 0.0906. The van der Waals surface area contributed by atoms with Gasteiger partial charge in [-0.15, -0.1) is 0 Å². The second-order valence-corrected chi connectivity index (χ2v) is 3.08. The van der Waals surface area contributed by atoms with Crippen molar-refractivity contribution in [2.75, 3.05) is 5.32 Å². The number of amides is 1. The number of benzene rings is 1. The van der Waals surface area contributed by atoms with E-state index in [9.17, 15) is 13.6 Å². The van der Waals surface area contributed by atoms with E-state index >= 15 is 0 Å². The van der Waals surface area contributed by atoms with Crippen molar-refractivity contribution in [1.82, 2.24) is 10.2 Å². The van der Waals surface area contributed by atoms with Crippen molar-refractivity contribution in [3.05, 3.63) is 47.7 Å². The number of hydrogen-bond acceptors (Lipinski definition) is 2. The molecule has 0 fully saturated rings. The molecule has 1 heterocycles. The van der Waals surface area contributed by atoms with Crippen LogP contribution in [0.25, 0.3) is 0 Å². The normalized spacial score (nSPS) is 10.1. The van der Waals surface area contributed by atoms with Gasteiger partial charge >= 0.3 is 0 Å². The summed E-state index contributed by atoms with van der Waals surface area (Å²) >= 11 is 0. The van der Waals surface area contributed by atoms with E-state index in [4.69, 9.17) is 0 Å². The second-order valence-electron chi connectivity index (χ2n) is 3.08. The monoisotopic (exact) mass is 223 g/mol. The van der Waals surface area contributed by atoms with E-state index in [1.165, 1.54) is 12.3 Å². The molecule has 1 aromatic heterocycles. The summed E-state index contributed by atoms with van der Waals surface area (Å²) < 4.78 is 25.7. The molecule has 4 nitrogen and oxygen atoms in total. The van der Waals surface area contributed by atoms with Crippen LogP contribution in [-0.2, 0) is 0 Å². The third kappa shape index (κ3) is 2.22. The van der Waals surface area contributed by atoms with E-state index < -0.39 is 17.5 Å². The van der Waals surface area contributed by atoms with Crippen molar-refractivity contribution in [2.24, 2.45) is 0 Å². The van der Waals surface area contributed by atoms with Crippen molar-refractivity contribution in [2.45, 2.75) is 0 Å². The van der Waals surface area contributed by atoms with Gasteiger partial charge in [0, 0.05) is 17.7 Å². The molecule has 0 bridgehead atoms. The molecule has 2 N–H and O–H groups in total. The molecule has 0 aliphatic rings. The van der Waals surface area contributed by atoms with Crippen LogP contribution in [0.3, 0.4) is 0 Å². The Bertz CT molecular complexity index is 491. The summed E-state index contributed by atoms with van der Waals surface area (Å²) in [5, 5.41) is 8.52. The quantitative estimate of drug-likeness (QED) is 0.817. The molecule has 2 rings (SSSR count). The second kappa shape index (κ2) is 4.09. The average molecular weight is 223 g/mol. The predicted molar refractivity (Wildman–Crippen MR) is 52.9 cm³/mol. The first-order valence-corrected chi connectivity index (χ1v) is 4.42. The van der Waals surface area contributed by atoms with E-state index in [2.05, 4.69) is 15.5 Å². The van der Waals surface area contributed by atoms with Crippen LogP contribution in [0.1, 0.15) is 10.4 Å². The first-order valence-electron chi connectivity index (χ1n) is 4.42. The Morgan fingerprint density at radius 3 is 2.50 bits per heavy atom. The van der Waals surface area contributed by atoms with Gasteiger partial charge in [0.2, 0.25) is 0 Å². The van der Waals surface area contributed by atoms with Gasteiger partial charge in [-0.2, -0.15) is 5.10 Å². The third-order valence-corrected chi connectivity index (χ3v) is 1.87. The minimum Gasteiger partial charge on any atom is -0.307 e. The largest absolute Gasteiger partial charge is 0.307 e. The Labute approximate surface area is 89.3 Å². The van der Waals surface area contributed by atoms with Gasteiger partial charge in [0.05, 0.1) is 6.20 Å². The standard InChI is InChI=1S/C10H7F2N3O/c11-7-3-6(4-8(12)5-7)10(16)14-9-1-2-13-15-9/h1-5H,(H2,13,14,15,16). The summed E-state index contributed by atoms with van der Waals surface area (Å²) in [7, 11) is 0. The molecule has 0 atom stereocenters. The Kier molecular flexibility index (Phi) is 2.63. The smallest absolute Gasteiger partial charge is 0.257 e. The number of nitrogens with zero attached hydrogens (tertiary/aromatic N) is 1. The van der Waals surface area contributed by atoms with Crippen LogP contribution >= 0.6 is 0 Å². The highest BCUT2D eigenvalue weighted by Crippen LogP contribution is 2.10. The Hall–Kier alpha value is -2.24. The van der Waals surface area contributed by atoms with Gasteiger partial charge in [0.15, 0.2) is 0 Å². The number of hydrogen-bond donors (Lipinski definition) is 2. The van der Waals surface area contributed by atoms with E-state index in [1.807, 2.05) is 0 Å². The van der Waals surface area contributed by atoms with Gasteiger partial charge in [-0.1, -0.05) is 0 Å². The van der Waals surface area contributed by atoms with E-state index in [0.717, 1.165) is 12.1 Å². The first kappa shape index (κ1) is 10.3. The maximum Gasteiger partial charge on any atom is 0.257 e. The number of nitrogens with one attached hydrogen (secondary N) is 2. The van der Waals surface area contributed by atoms with Gasteiger partial charge in [-0.05, 0) is 12.1 Å². The Morgan fingerprint density at radius 2 is 1.94 bits per heavy atom. The fourth-order valence-electron chi connectivity index (χ4n) is 1.20. The molecule has 2 aromatic rings. The summed E-state index contributed by atoms with van der Waals surface area (Å²) in [5.74, 6) is -1.85. The molecule has 82 valence electrons. The van der Waals surface area contributed by atoms with Crippen molar-refractivity contribution in [3.63, 3.8) is 0 Å². The molecule has 6 heteroatoms. The summed E-state index contributed by atoms with van der Waals surface area (Å²) in [6, 6.07) is 4.13. The molecule has 0 unspecified atom stereocenters. The lowest BCUT2D eigenvalue weighted by Crippen LogP contribution is -2.12. The molecule has 16 heavy (non-hydrogen) atoms. The predicted octanol–water partition coefficient (Wildman–Crippen LogP) is 1.94. The topological polar surface area (TPSA) is 57.8 Å². The lowest BCUT2D eigenvalue weighted by atomic mass is 10.2. The summed E-state index contributed by atoms with van der Waals surface area (Å²) in [6.45, 7) is 0. The van der Waals surface area contributed by atoms with Crippen molar-refractivity contribution < 1.29 is 13.6 Å². The number of carbonyl (C=O) groups is 1. The number of H-pyrrole nitrogens is 1. The molecule has 0 aliphatic heterocycles. The number of anilines is 1. The minimum atomic E-state index is -0.797. The van der Waals surface area contributed by atoms with Gasteiger partial charge < -0.3 is 5.32 Å². The van der Waals surface area contributed by atoms with Crippen LogP contribution in [0.4, 0.5) is 14.6 Å². The summed E-state index contributed by atoms with van der Waals surface area (Å²) in [6.07, 6.45) is 1.45. The zero-order valence-corrected chi connectivity index (χ0v) is 8.00. The lowest BCUT2D eigenvalue weighted by molar-refractivity contribution is 0.102. The third-order valence-electron chi connectivity index (χ3n) is 1.87. The van der Waals surface area contributed by atoms with Crippen LogP contribution < -0.4 is 5.32 Å². The van der Waals surface area contributed by atoms with Crippen LogP contribution in [0.2, 0.25) is 0 Å². The van der Waals surface area contributed by atoms with Crippen molar-refractivity contribution in [1.29, 1.82) is 0 Å². The van der Waals surface area contributed by atoms with Gasteiger partial charge in [-0.25, -0.2) is 8.78 Å². The molecule has 1 amide bonds. The molecular formula is C10H7F2N3O. The highest BCUT2D eigenvalue weighted by Gasteiger charge is 2.09. The molecule has 0 radical (unpaired) electrons. The average Bonchev–Trinajstić information content (AvgIpc) is 2.68. The Morgan fingerprint density at radius 1 is 1.25 bits per heavy atom. The molecule has 1 aromatic carbocycles. The van der Waals surface area contributed by atoms with Crippen LogP contribution in [-0.4, -0.2) is 16.1 Å². The number of rotatable bonds is 2. The maximum atomic E-state index is 12.8. The Balaban J connectivity index is 2.21. The van der Waals surface area contributed by atoms with Gasteiger partial charge in [0.1, 0.15) is 17.5 Å². The van der Waals surface area contributed by atoms with E-state index in [0.29, 0.717) is 11.9 Å². The zero-order valence-electron chi connectivity index (χ0n) is 8.00. The lowest BCUT2D eigenvalue weighted by Gasteiger charge is -2.02. The van der Waals surface area contributed by atoms with E-state index in [1.54, 1.807) is 0 Å². The van der Waals surface area contributed by atoms with Crippen molar-refractivity contribution >= 4 is 11.7 Å². The van der Waals surface area contributed by atoms with Crippen LogP contribution in [0.15, 0.2) is 30.5 Å². The highest BCUT2D eigenvalue weighted by atomic mass is 19.1. The van der Waals surface area contributed by atoms with Gasteiger partial charge in [0.25, 0.3) is 5.91 Å². The number of halogens is 2. The SMILES string of the molecule is O=C(Nc1ccn[nH]1)c1cc(F)cc(F)c1. The zero-order chi connectivity index (χ0) is 11.5. The molecule has 0 spiro atoms. The fourth-order valence-corrected chi connectivity index (χ4v) is 1.20. The molecular weight excluding hydrogens is 216 g/mol. The number of carbonyl (C=O) groups excluding carboxylic acids is 1. The summed E-state index contributed by atoms with van der Waals surface area (Å²) in [4.78, 5) is 11.5. The fraction of sp³-hybridized carbons (Fsp3) is 0. The molecule has 0 aliphatic carbocycles. The van der Waals surface area contributed by atoms with Crippen molar-refractivity contribution in [3.8, 4) is 0 Å². The maximum absolute atomic E-state index is 12.8. The number of aromatic nitrogens is 2. The van der Waals surface area contributed by atoms with E-state index in [-0.39, 0.29) is 5.56 Å². The van der Waals surface area contributed by atoms with Crippen LogP contribution in [0.5, 0.6) is 0 Å². The number of aromatic amines is 1. The molecule has 0 saturated carbocycles.